The number of ether oxygens (including phenoxy) is 1. The summed E-state index contributed by atoms with van der Waals surface area (Å²) in [6.07, 6.45) is 0.563. The maximum atomic E-state index is 11.9. The molecule has 112 valence electrons. The van der Waals surface area contributed by atoms with Crippen LogP contribution in [0.1, 0.15) is 50.0 Å². The summed E-state index contributed by atoms with van der Waals surface area (Å²) in [5, 5.41) is 2.73. The molecule has 0 saturated heterocycles. The van der Waals surface area contributed by atoms with E-state index in [0.717, 1.165) is 0 Å². The van der Waals surface area contributed by atoms with Crippen LogP contribution in [-0.2, 0) is 16.0 Å². The van der Waals surface area contributed by atoms with Gasteiger partial charge in [0.15, 0.2) is 5.69 Å². The fourth-order valence-electron chi connectivity index (χ4n) is 1.96. The van der Waals surface area contributed by atoms with E-state index in [4.69, 9.17) is 10.5 Å². The van der Waals surface area contributed by atoms with Gasteiger partial charge in [-0.25, -0.2) is 9.78 Å². The molecule has 3 N–H and O–H groups in total. The van der Waals surface area contributed by atoms with Crippen LogP contribution >= 0.6 is 0 Å². The van der Waals surface area contributed by atoms with Crippen LogP contribution < -0.4 is 11.1 Å². The Morgan fingerprint density at radius 1 is 1.40 bits per heavy atom. The smallest absolute Gasteiger partial charge is 0.360 e. The molecule has 0 saturated carbocycles. The number of aromatic nitrogens is 2. The van der Waals surface area contributed by atoms with E-state index >= 15 is 0 Å². The highest BCUT2D eigenvalue weighted by Crippen LogP contribution is 2.22. The zero-order chi connectivity index (χ0) is 15.3. The highest BCUT2D eigenvalue weighted by atomic mass is 16.5. The summed E-state index contributed by atoms with van der Waals surface area (Å²) in [5.41, 5.74) is 6.03. The number of likely N-dealkylation sites (N-methyl/N-ethyl adjacent to an activating group) is 1. The molecule has 1 aromatic heterocycles. The Morgan fingerprint density at radius 2 is 2.05 bits per heavy atom. The van der Waals surface area contributed by atoms with E-state index in [-0.39, 0.29) is 24.0 Å². The van der Waals surface area contributed by atoms with Crippen molar-refractivity contribution in [3.8, 4) is 0 Å². The van der Waals surface area contributed by atoms with Crippen molar-refractivity contribution in [2.45, 2.75) is 40.2 Å². The Hall–Kier alpha value is -2.05. The van der Waals surface area contributed by atoms with E-state index in [1.54, 1.807) is 18.4 Å². The number of amides is 1. The first kappa shape index (κ1) is 16.0. The second-order valence-corrected chi connectivity index (χ2v) is 4.28. The molecule has 0 bridgehead atoms. The topological polar surface area (TPSA) is 99.2 Å². The van der Waals surface area contributed by atoms with Gasteiger partial charge in [0, 0.05) is 13.0 Å². The first-order chi connectivity index (χ1) is 9.47. The minimum atomic E-state index is -0.568. The second kappa shape index (κ2) is 6.93. The summed E-state index contributed by atoms with van der Waals surface area (Å²) in [4.78, 5) is 27.9. The minimum absolute atomic E-state index is 0.0693. The molecule has 1 unspecified atom stereocenters. The van der Waals surface area contributed by atoms with Gasteiger partial charge < -0.3 is 20.4 Å². The summed E-state index contributed by atoms with van der Waals surface area (Å²) in [6, 6.07) is -0.527. The van der Waals surface area contributed by atoms with Crippen molar-refractivity contribution in [2.24, 2.45) is 0 Å². The number of nitrogens with two attached hydrogens (primary N) is 1. The summed E-state index contributed by atoms with van der Waals surface area (Å²) < 4.78 is 6.49. The zero-order valence-corrected chi connectivity index (χ0v) is 12.4. The first-order valence-corrected chi connectivity index (χ1v) is 6.79. The normalized spacial score (nSPS) is 12.0. The summed E-state index contributed by atoms with van der Waals surface area (Å²) >= 11 is 0. The molecule has 7 nitrogen and oxygen atoms in total. The molecule has 0 radical (unpaired) electrons. The lowest BCUT2D eigenvalue weighted by atomic mass is 10.3. The summed E-state index contributed by atoms with van der Waals surface area (Å²) in [5.74, 6) is 0.0200. The maximum absolute atomic E-state index is 11.9. The van der Waals surface area contributed by atoms with Crippen LogP contribution in [0.25, 0.3) is 0 Å². The molecule has 0 fully saturated rings. The van der Waals surface area contributed by atoms with Gasteiger partial charge in [0.25, 0.3) is 0 Å². The van der Waals surface area contributed by atoms with Crippen molar-refractivity contribution in [2.75, 3.05) is 18.9 Å². The molecule has 1 rings (SSSR count). The highest BCUT2D eigenvalue weighted by Gasteiger charge is 2.26. The van der Waals surface area contributed by atoms with Crippen LogP contribution in [0.2, 0.25) is 0 Å². The minimum Gasteiger partial charge on any atom is -0.461 e. The van der Waals surface area contributed by atoms with E-state index in [0.29, 0.717) is 18.8 Å². The number of nitrogens with zero attached hydrogens (tertiary/aromatic N) is 2. The summed E-state index contributed by atoms with van der Waals surface area (Å²) in [7, 11) is 0. The Bertz CT molecular complexity index is 496. The fraction of sp³-hybridized carbons (Fsp3) is 0.615. The van der Waals surface area contributed by atoms with Gasteiger partial charge in [-0.05, 0) is 20.8 Å². The number of anilines is 1. The molecule has 7 heteroatoms. The molecular weight excluding hydrogens is 260 g/mol. The monoisotopic (exact) mass is 282 g/mol. The van der Waals surface area contributed by atoms with E-state index in [1.165, 1.54) is 0 Å². The number of carbonyl (C=O) groups excluding carboxylic acids is 2. The van der Waals surface area contributed by atoms with Gasteiger partial charge in [-0.2, -0.15) is 0 Å². The third-order valence-corrected chi connectivity index (χ3v) is 2.92. The van der Waals surface area contributed by atoms with E-state index < -0.39 is 12.0 Å². The van der Waals surface area contributed by atoms with Crippen LogP contribution in [0.5, 0.6) is 0 Å². The lowest BCUT2D eigenvalue weighted by Crippen LogP contribution is -2.32. The van der Waals surface area contributed by atoms with Crippen LogP contribution in [-0.4, -0.2) is 34.6 Å². The number of nitrogen functional groups attached to an aromatic ring is 1. The van der Waals surface area contributed by atoms with Crippen molar-refractivity contribution in [1.29, 1.82) is 0 Å². The Balaban J connectivity index is 3.18. The number of carbonyl (C=O) groups is 2. The molecule has 0 spiro atoms. The molecule has 0 aliphatic rings. The predicted octanol–water partition coefficient (Wildman–Crippen LogP) is 0.901. The van der Waals surface area contributed by atoms with Gasteiger partial charge in [-0.1, -0.05) is 6.92 Å². The third kappa shape index (κ3) is 3.09. The number of aryl methyl sites for hydroxylation is 1. The third-order valence-electron chi connectivity index (χ3n) is 2.92. The van der Waals surface area contributed by atoms with Crippen LogP contribution in [0, 0.1) is 0 Å². The molecule has 0 aromatic carbocycles. The molecule has 0 aliphatic heterocycles. The Kier molecular flexibility index (Phi) is 5.54. The zero-order valence-electron chi connectivity index (χ0n) is 12.4. The van der Waals surface area contributed by atoms with Gasteiger partial charge in [0.05, 0.1) is 6.61 Å². The van der Waals surface area contributed by atoms with E-state index in [2.05, 4.69) is 10.3 Å². The average Bonchev–Trinajstić information content (AvgIpc) is 2.75. The van der Waals surface area contributed by atoms with Crippen LogP contribution in [0.3, 0.4) is 0 Å². The number of rotatable bonds is 6. The number of nitrogens with one attached hydrogen (secondary N) is 1. The van der Waals surface area contributed by atoms with Gasteiger partial charge >= 0.3 is 5.97 Å². The largest absolute Gasteiger partial charge is 0.461 e. The molecule has 0 aliphatic carbocycles. The molecule has 1 heterocycles. The second-order valence-electron chi connectivity index (χ2n) is 4.28. The van der Waals surface area contributed by atoms with E-state index in [9.17, 15) is 9.59 Å². The van der Waals surface area contributed by atoms with Crippen LogP contribution in [0.4, 0.5) is 5.82 Å². The van der Waals surface area contributed by atoms with Crippen LogP contribution in [0.15, 0.2) is 0 Å². The first-order valence-electron chi connectivity index (χ1n) is 6.79. The Morgan fingerprint density at radius 3 is 2.55 bits per heavy atom. The molecule has 1 amide bonds. The summed E-state index contributed by atoms with van der Waals surface area (Å²) in [6.45, 7) is 7.94. The van der Waals surface area contributed by atoms with Crippen molar-refractivity contribution in [3.05, 3.63) is 11.5 Å². The highest BCUT2D eigenvalue weighted by molar-refractivity contribution is 5.93. The number of imidazole rings is 1. The SMILES string of the molecule is CCNC(=O)C(C)n1c(CC)nc(C(=O)OCC)c1N. The molecule has 1 aromatic rings. The van der Waals surface area contributed by atoms with Gasteiger partial charge in [0.2, 0.25) is 5.91 Å². The molecule has 20 heavy (non-hydrogen) atoms. The maximum Gasteiger partial charge on any atom is 0.360 e. The van der Waals surface area contributed by atoms with Crippen molar-refractivity contribution >= 4 is 17.7 Å². The lowest BCUT2D eigenvalue weighted by molar-refractivity contribution is -0.123. The number of hydrogen-bond donors (Lipinski definition) is 2. The number of esters is 1. The van der Waals surface area contributed by atoms with Crippen molar-refractivity contribution in [3.63, 3.8) is 0 Å². The predicted molar refractivity (Wildman–Crippen MR) is 75.4 cm³/mol. The van der Waals surface area contributed by atoms with Crippen molar-refractivity contribution in [1.82, 2.24) is 14.9 Å². The quantitative estimate of drug-likeness (QED) is 0.755. The number of hydrogen-bond acceptors (Lipinski definition) is 5. The standard InChI is InChI=1S/C13H22N4O3/c1-5-9-16-10(13(19)20-7-3)11(14)17(9)8(4)12(18)15-6-2/h8H,5-7,14H2,1-4H3,(H,15,18). The average molecular weight is 282 g/mol. The van der Waals surface area contributed by atoms with Crippen molar-refractivity contribution < 1.29 is 14.3 Å². The molecule has 1 atom stereocenters. The van der Waals surface area contributed by atoms with E-state index in [1.807, 2.05) is 13.8 Å². The fourth-order valence-corrected chi connectivity index (χ4v) is 1.96. The lowest BCUT2D eigenvalue weighted by Gasteiger charge is -2.16. The van der Waals surface area contributed by atoms with Gasteiger partial charge in [0.1, 0.15) is 17.7 Å². The molecular formula is C13H22N4O3. The van der Waals surface area contributed by atoms with Gasteiger partial charge in [-0.15, -0.1) is 0 Å². The van der Waals surface area contributed by atoms with Gasteiger partial charge in [-0.3, -0.25) is 4.79 Å². The Labute approximate surface area is 118 Å².